The summed E-state index contributed by atoms with van der Waals surface area (Å²) in [6.07, 6.45) is 7.66. The van der Waals surface area contributed by atoms with Gasteiger partial charge >= 0.3 is 5.97 Å². The van der Waals surface area contributed by atoms with Gasteiger partial charge in [0.15, 0.2) is 0 Å². The lowest BCUT2D eigenvalue weighted by atomic mass is 10.1. The topological polar surface area (TPSA) is 26.3 Å². The fourth-order valence-corrected chi connectivity index (χ4v) is 1.32. The van der Waals surface area contributed by atoms with Crippen molar-refractivity contribution < 1.29 is 9.53 Å². The van der Waals surface area contributed by atoms with Gasteiger partial charge in [0.1, 0.15) is 0 Å². The number of allylic oxidation sites excluding steroid dienone is 3. The zero-order valence-electron chi connectivity index (χ0n) is 10.2. The molecular weight excluding hydrogens is 188 g/mol. The number of carbonyl (C=O) groups excluding carboxylic acids is 1. The molecule has 0 aromatic rings. The van der Waals surface area contributed by atoms with Crippen LogP contribution < -0.4 is 0 Å². The minimum absolute atomic E-state index is 0.121. The molecule has 0 aliphatic heterocycles. The molecule has 0 saturated heterocycles. The van der Waals surface area contributed by atoms with Gasteiger partial charge in [-0.1, -0.05) is 37.6 Å². The summed E-state index contributed by atoms with van der Waals surface area (Å²) in [4.78, 5) is 10.9. The number of hydrogen-bond acceptors (Lipinski definition) is 2. The number of ether oxygens (including phenoxy) is 1. The van der Waals surface area contributed by atoms with Gasteiger partial charge in [-0.2, -0.15) is 0 Å². The lowest BCUT2D eigenvalue weighted by molar-refractivity contribution is -0.143. The third kappa shape index (κ3) is 7.98. The van der Waals surface area contributed by atoms with Crippen LogP contribution in [0, 0.1) is 5.92 Å². The van der Waals surface area contributed by atoms with Gasteiger partial charge in [0.25, 0.3) is 0 Å². The second kappa shape index (κ2) is 8.27. The van der Waals surface area contributed by atoms with E-state index in [9.17, 15) is 4.79 Å². The SMILES string of the molecule is C/C=C/C(C)/C=C(\C)CCOC(=O)CC. The minimum Gasteiger partial charge on any atom is -0.465 e. The first kappa shape index (κ1) is 13.9. The van der Waals surface area contributed by atoms with Crippen molar-refractivity contribution in [1.29, 1.82) is 0 Å². The second-order valence-corrected chi connectivity index (χ2v) is 3.72. The molecule has 15 heavy (non-hydrogen) atoms. The maximum absolute atomic E-state index is 10.9. The Morgan fingerprint density at radius 1 is 1.47 bits per heavy atom. The maximum Gasteiger partial charge on any atom is 0.305 e. The van der Waals surface area contributed by atoms with Crippen LogP contribution in [0.15, 0.2) is 23.8 Å². The first-order chi connectivity index (χ1) is 7.10. The summed E-state index contributed by atoms with van der Waals surface area (Å²) < 4.78 is 5.01. The summed E-state index contributed by atoms with van der Waals surface area (Å²) in [5, 5.41) is 0. The molecule has 0 spiro atoms. The normalized spacial score (nSPS) is 14.3. The predicted octanol–water partition coefficient (Wildman–Crippen LogP) is 3.49. The van der Waals surface area contributed by atoms with Crippen LogP contribution in [0.3, 0.4) is 0 Å². The highest BCUT2D eigenvalue weighted by atomic mass is 16.5. The summed E-state index contributed by atoms with van der Waals surface area (Å²) in [6.45, 7) is 8.53. The molecular formula is C13H22O2. The summed E-state index contributed by atoms with van der Waals surface area (Å²) in [6, 6.07) is 0. The van der Waals surface area contributed by atoms with Gasteiger partial charge < -0.3 is 4.74 Å². The summed E-state index contributed by atoms with van der Waals surface area (Å²) in [5.41, 5.74) is 1.27. The average Bonchev–Trinajstić information content (AvgIpc) is 2.17. The monoisotopic (exact) mass is 210 g/mol. The highest BCUT2D eigenvalue weighted by Gasteiger charge is 1.99. The maximum atomic E-state index is 10.9. The largest absolute Gasteiger partial charge is 0.465 e. The second-order valence-electron chi connectivity index (χ2n) is 3.72. The fraction of sp³-hybridized carbons (Fsp3) is 0.615. The molecule has 0 radical (unpaired) electrons. The molecule has 0 N–H and O–H groups in total. The molecule has 0 fully saturated rings. The third-order valence-corrected chi connectivity index (χ3v) is 2.09. The van der Waals surface area contributed by atoms with Crippen LogP contribution in [0.25, 0.3) is 0 Å². The number of hydrogen-bond donors (Lipinski definition) is 0. The van der Waals surface area contributed by atoms with Crippen LogP contribution in [0.2, 0.25) is 0 Å². The van der Waals surface area contributed by atoms with Crippen molar-refractivity contribution in [3.05, 3.63) is 23.8 Å². The molecule has 0 heterocycles. The molecule has 0 aliphatic rings. The molecule has 1 unspecified atom stereocenters. The first-order valence-corrected chi connectivity index (χ1v) is 5.55. The van der Waals surface area contributed by atoms with E-state index in [1.165, 1.54) is 5.57 Å². The van der Waals surface area contributed by atoms with Gasteiger partial charge in [0.05, 0.1) is 6.61 Å². The Morgan fingerprint density at radius 2 is 2.13 bits per heavy atom. The highest BCUT2D eigenvalue weighted by molar-refractivity contribution is 5.68. The quantitative estimate of drug-likeness (QED) is 0.495. The predicted molar refractivity (Wildman–Crippen MR) is 63.6 cm³/mol. The van der Waals surface area contributed by atoms with Crippen LogP contribution in [0.5, 0.6) is 0 Å². The van der Waals surface area contributed by atoms with E-state index in [1.54, 1.807) is 6.92 Å². The Hall–Kier alpha value is -1.05. The van der Waals surface area contributed by atoms with Crippen LogP contribution in [0.4, 0.5) is 0 Å². The fourth-order valence-electron chi connectivity index (χ4n) is 1.32. The van der Waals surface area contributed by atoms with Gasteiger partial charge in [0, 0.05) is 12.8 Å². The van der Waals surface area contributed by atoms with Crippen molar-refractivity contribution in [1.82, 2.24) is 0 Å². The summed E-state index contributed by atoms with van der Waals surface area (Å²) in [7, 11) is 0. The summed E-state index contributed by atoms with van der Waals surface area (Å²) in [5.74, 6) is 0.334. The van der Waals surface area contributed by atoms with Gasteiger partial charge in [-0.05, 0) is 19.8 Å². The molecule has 2 heteroatoms. The molecule has 0 aliphatic carbocycles. The molecule has 86 valence electrons. The van der Waals surface area contributed by atoms with Crippen LogP contribution in [0.1, 0.15) is 40.5 Å². The van der Waals surface area contributed by atoms with Crippen molar-refractivity contribution in [2.24, 2.45) is 5.92 Å². The molecule has 1 atom stereocenters. The van der Waals surface area contributed by atoms with E-state index in [-0.39, 0.29) is 5.97 Å². The standard InChI is InChI=1S/C13H22O2/c1-5-7-11(3)10-12(4)8-9-15-13(14)6-2/h5,7,10-11H,6,8-9H2,1-4H3/b7-5+,12-10+. The van der Waals surface area contributed by atoms with E-state index in [0.29, 0.717) is 18.9 Å². The van der Waals surface area contributed by atoms with E-state index < -0.39 is 0 Å². The van der Waals surface area contributed by atoms with Gasteiger partial charge in [-0.15, -0.1) is 0 Å². The first-order valence-electron chi connectivity index (χ1n) is 5.55. The lowest BCUT2D eigenvalue weighted by Crippen LogP contribution is -2.04. The molecule has 0 saturated carbocycles. The highest BCUT2D eigenvalue weighted by Crippen LogP contribution is 2.08. The Morgan fingerprint density at radius 3 is 2.67 bits per heavy atom. The Labute approximate surface area is 93.0 Å². The van der Waals surface area contributed by atoms with Crippen molar-refractivity contribution >= 4 is 5.97 Å². The molecule has 0 aromatic carbocycles. The zero-order chi connectivity index (χ0) is 11.7. The van der Waals surface area contributed by atoms with Crippen LogP contribution in [-0.2, 0) is 9.53 Å². The van der Waals surface area contributed by atoms with Crippen molar-refractivity contribution in [2.45, 2.75) is 40.5 Å². The molecule has 0 bridgehead atoms. The minimum atomic E-state index is -0.121. The van der Waals surface area contributed by atoms with Gasteiger partial charge in [0.2, 0.25) is 0 Å². The Kier molecular flexibility index (Phi) is 7.69. The lowest BCUT2D eigenvalue weighted by Gasteiger charge is -2.05. The molecule has 0 aromatic heterocycles. The van der Waals surface area contributed by atoms with Gasteiger partial charge in [-0.3, -0.25) is 4.79 Å². The van der Waals surface area contributed by atoms with Crippen molar-refractivity contribution in [3.8, 4) is 0 Å². The van der Waals surface area contributed by atoms with E-state index >= 15 is 0 Å². The van der Waals surface area contributed by atoms with Gasteiger partial charge in [-0.25, -0.2) is 0 Å². The van der Waals surface area contributed by atoms with E-state index in [4.69, 9.17) is 4.74 Å². The number of carbonyl (C=O) groups is 1. The Balaban J connectivity index is 3.82. The molecule has 0 rings (SSSR count). The zero-order valence-corrected chi connectivity index (χ0v) is 10.2. The third-order valence-electron chi connectivity index (χ3n) is 2.09. The smallest absolute Gasteiger partial charge is 0.305 e. The van der Waals surface area contributed by atoms with E-state index in [2.05, 4.69) is 26.0 Å². The van der Waals surface area contributed by atoms with Crippen LogP contribution in [-0.4, -0.2) is 12.6 Å². The number of rotatable bonds is 6. The average molecular weight is 210 g/mol. The van der Waals surface area contributed by atoms with E-state index in [1.807, 2.05) is 13.0 Å². The van der Waals surface area contributed by atoms with Crippen molar-refractivity contribution in [3.63, 3.8) is 0 Å². The van der Waals surface area contributed by atoms with E-state index in [0.717, 1.165) is 6.42 Å². The Bertz CT molecular complexity index is 239. The number of esters is 1. The summed E-state index contributed by atoms with van der Waals surface area (Å²) >= 11 is 0. The molecule has 0 amide bonds. The van der Waals surface area contributed by atoms with Crippen LogP contribution >= 0.6 is 0 Å². The van der Waals surface area contributed by atoms with Crippen molar-refractivity contribution in [2.75, 3.05) is 6.61 Å². The molecule has 2 nitrogen and oxygen atoms in total.